The number of anilines is 1. The first kappa shape index (κ1) is 25.2. The van der Waals surface area contributed by atoms with Crippen molar-refractivity contribution in [1.82, 2.24) is 20.1 Å². The predicted molar refractivity (Wildman–Crippen MR) is 139 cm³/mol. The zero-order valence-electron chi connectivity index (χ0n) is 21.3. The topological polar surface area (TPSA) is 68.8 Å². The number of aromatic nitrogens is 1. The Morgan fingerprint density at radius 1 is 1.03 bits per heavy atom. The average molecular weight is 478 g/mol. The Labute approximate surface area is 209 Å². The number of carbonyl (C=O) groups excluding carboxylic acids is 2. The zero-order valence-corrected chi connectivity index (χ0v) is 21.3. The van der Waals surface area contributed by atoms with E-state index in [1.807, 2.05) is 68.3 Å². The molecule has 2 fully saturated rings. The van der Waals surface area contributed by atoms with E-state index in [0.29, 0.717) is 11.5 Å². The number of nitrogens with one attached hydrogen (secondary N) is 1. The summed E-state index contributed by atoms with van der Waals surface area (Å²) in [4.78, 5) is 37.6. The van der Waals surface area contributed by atoms with Crippen LogP contribution in [0.5, 0.6) is 0 Å². The number of nitrogens with zero attached hydrogens (tertiary/aromatic N) is 4. The molecule has 0 saturated carbocycles. The summed E-state index contributed by atoms with van der Waals surface area (Å²) in [6.07, 6.45) is 4.01. The van der Waals surface area contributed by atoms with Crippen LogP contribution in [-0.2, 0) is 4.79 Å². The van der Waals surface area contributed by atoms with Crippen molar-refractivity contribution in [2.24, 2.45) is 11.8 Å². The second-order valence-electron chi connectivity index (χ2n) is 10.3. The molecule has 2 aromatic rings. The second kappa shape index (κ2) is 11.7. The number of benzene rings is 1. The van der Waals surface area contributed by atoms with Gasteiger partial charge in [0.05, 0.1) is 0 Å². The molecule has 1 N–H and O–H groups in total. The van der Waals surface area contributed by atoms with Gasteiger partial charge in [-0.15, -0.1) is 0 Å². The molecule has 1 aromatic carbocycles. The molecule has 2 unspecified atom stereocenters. The predicted octanol–water partition coefficient (Wildman–Crippen LogP) is 3.21. The molecule has 2 aliphatic rings. The minimum absolute atomic E-state index is 0.0250. The fraction of sp³-hybridized carbons (Fsp3) is 0.536. The molecule has 188 valence electrons. The van der Waals surface area contributed by atoms with Crippen molar-refractivity contribution >= 4 is 17.6 Å². The minimum Gasteiger partial charge on any atom is -0.354 e. The molecule has 0 bridgehead atoms. The average Bonchev–Trinajstić information content (AvgIpc) is 2.88. The summed E-state index contributed by atoms with van der Waals surface area (Å²) in [6.45, 7) is 12.5. The molecule has 0 radical (unpaired) electrons. The van der Waals surface area contributed by atoms with E-state index in [0.717, 1.165) is 70.0 Å². The molecule has 2 aliphatic heterocycles. The summed E-state index contributed by atoms with van der Waals surface area (Å²) >= 11 is 0. The van der Waals surface area contributed by atoms with Crippen molar-refractivity contribution in [3.05, 3.63) is 59.8 Å². The lowest BCUT2D eigenvalue weighted by Crippen LogP contribution is -2.55. The van der Waals surface area contributed by atoms with E-state index in [9.17, 15) is 9.59 Å². The molecule has 2 saturated heterocycles. The lowest BCUT2D eigenvalue weighted by atomic mass is 9.94. The van der Waals surface area contributed by atoms with Crippen LogP contribution in [0.15, 0.2) is 48.7 Å². The first-order valence-electron chi connectivity index (χ1n) is 13.0. The summed E-state index contributed by atoms with van der Waals surface area (Å²) in [5, 5.41) is 3.01. The molecule has 0 aliphatic carbocycles. The van der Waals surface area contributed by atoms with Crippen LogP contribution in [0.3, 0.4) is 0 Å². The number of likely N-dealkylation sites (tertiary alicyclic amines) is 1. The number of aryl methyl sites for hydroxylation is 1. The SMILES string of the molecule is Cc1ccc(C(=O)NC(C(=O)N2CCCC(CN3CCN(c4ccccn4)CC3)C2)C(C)C)cc1. The Bertz CT molecular complexity index is 971. The molecule has 7 heteroatoms. The number of hydrogen-bond donors (Lipinski definition) is 1. The normalized spacial score (nSPS) is 20.1. The van der Waals surface area contributed by atoms with Gasteiger partial charge in [0.25, 0.3) is 5.91 Å². The van der Waals surface area contributed by atoms with Crippen molar-refractivity contribution in [1.29, 1.82) is 0 Å². The highest BCUT2D eigenvalue weighted by Gasteiger charge is 2.33. The van der Waals surface area contributed by atoms with Gasteiger partial charge >= 0.3 is 0 Å². The molecule has 0 spiro atoms. The number of hydrogen-bond acceptors (Lipinski definition) is 5. The number of piperazine rings is 1. The Morgan fingerprint density at radius 3 is 2.43 bits per heavy atom. The van der Waals surface area contributed by atoms with Gasteiger partial charge in [0.1, 0.15) is 11.9 Å². The summed E-state index contributed by atoms with van der Waals surface area (Å²) in [7, 11) is 0. The van der Waals surface area contributed by atoms with Crippen LogP contribution in [0, 0.1) is 18.8 Å². The van der Waals surface area contributed by atoms with Gasteiger partial charge in [-0.05, 0) is 55.9 Å². The van der Waals surface area contributed by atoms with Crippen LogP contribution in [0.4, 0.5) is 5.82 Å². The fourth-order valence-corrected chi connectivity index (χ4v) is 5.12. The maximum atomic E-state index is 13.5. The molecule has 2 amide bonds. The Hall–Kier alpha value is -2.93. The van der Waals surface area contributed by atoms with Crippen molar-refractivity contribution < 1.29 is 9.59 Å². The molecule has 4 rings (SSSR count). The van der Waals surface area contributed by atoms with Gasteiger partial charge < -0.3 is 15.1 Å². The van der Waals surface area contributed by atoms with E-state index in [1.165, 1.54) is 0 Å². The summed E-state index contributed by atoms with van der Waals surface area (Å²) in [5.74, 6) is 1.40. The maximum Gasteiger partial charge on any atom is 0.251 e. The Balaban J connectivity index is 1.30. The molecular formula is C28H39N5O2. The standard InChI is InChI=1S/C28H39N5O2/c1-21(2)26(30-27(34)24-11-9-22(3)10-12-24)28(35)33-14-6-7-23(20-33)19-31-15-17-32(18-16-31)25-8-4-5-13-29-25/h4-5,8-13,21,23,26H,6-7,14-20H2,1-3H3,(H,30,34). The van der Waals surface area contributed by atoms with Crippen molar-refractivity contribution in [3.8, 4) is 0 Å². The van der Waals surface area contributed by atoms with Crippen LogP contribution in [-0.4, -0.2) is 78.5 Å². The number of pyridine rings is 1. The molecular weight excluding hydrogens is 438 g/mol. The number of amides is 2. The number of piperidine rings is 1. The van der Waals surface area contributed by atoms with Crippen LogP contribution >= 0.6 is 0 Å². The monoisotopic (exact) mass is 477 g/mol. The third-order valence-corrected chi connectivity index (χ3v) is 7.23. The maximum absolute atomic E-state index is 13.5. The van der Waals surface area contributed by atoms with Gasteiger partial charge in [-0.1, -0.05) is 37.6 Å². The van der Waals surface area contributed by atoms with Gasteiger partial charge in [-0.2, -0.15) is 0 Å². The van der Waals surface area contributed by atoms with E-state index >= 15 is 0 Å². The largest absolute Gasteiger partial charge is 0.354 e. The Morgan fingerprint density at radius 2 is 1.77 bits per heavy atom. The fourth-order valence-electron chi connectivity index (χ4n) is 5.12. The molecule has 1 aromatic heterocycles. The van der Waals surface area contributed by atoms with Crippen LogP contribution in [0.1, 0.15) is 42.6 Å². The minimum atomic E-state index is -0.510. The molecule has 2 atom stereocenters. The quantitative estimate of drug-likeness (QED) is 0.663. The van der Waals surface area contributed by atoms with Gasteiger partial charge in [-0.25, -0.2) is 4.98 Å². The van der Waals surface area contributed by atoms with Gasteiger partial charge in [0.2, 0.25) is 5.91 Å². The van der Waals surface area contributed by atoms with E-state index in [2.05, 4.69) is 26.2 Å². The molecule has 7 nitrogen and oxygen atoms in total. The lowest BCUT2D eigenvalue weighted by molar-refractivity contribution is -0.136. The van der Waals surface area contributed by atoms with Crippen molar-refractivity contribution in [2.45, 2.75) is 39.7 Å². The van der Waals surface area contributed by atoms with Crippen molar-refractivity contribution in [2.75, 3.05) is 50.7 Å². The van der Waals surface area contributed by atoms with E-state index in [4.69, 9.17) is 0 Å². The van der Waals surface area contributed by atoms with Gasteiger partial charge in [0.15, 0.2) is 0 Å². The van der Waals surface area contributed by atoms with E-state index in [-0.39, 0.29) is 17.7 Å². The highest BCUT2D eigenvalue weighted by Crippen LogP contribution is 2.21. The van der Waals surface area contributed by atoms with E-state index < -0.39 is 6.04 Å². The summed E-state index contributed by atoms with van der Waals surface area (Å²) < 4.78 is 0. The van der Waals surface area contributed by atoms with Gasteiger partial charge in [0, 0.05) is 57.6 Å². The van der Waals surface area contributed by atoms with Crippen molar-refractivity contribution in [3.63, 3.8) is 0 Å². The second-order valence-corrected chi connectivity index (χ2v) is 10.3. The first-order valence-corrected chi connectivity index (χ1v) is 13.0. The van der Waals surface area contributed by atoms with E-state index in [1.54, 1.807) is 0 Å². The highest BCUT2D eigenvalue weighted by atomic mass is 16.2. The molecule has 35 heavy (non-hydrogen) atoms. The first-order chi connectivity index (χ1) is 16.9. The number of rotatable bonds is 7. The number of carbonyl (C=O) groups is 2. The van der Waals surface area contributed by atoms with Crippen LogP contribution in [0.25, 0.3) is 0 Å². The summed E-state index contributed by atoms with van der Waals surface area (Å²) in [6, 6.07) is 13.0. The van der Waals surface area contributed by atoms with Crippen LogP contribution < -0.4 is 10.2 Å². The Kier molecular flexibility index (Phi) is 8.39. The smallest absolute Gasteiger partial charge is 0.251 e. The third kappa shape index (κ3) is 6.60. The van der Waals surface area contributed by atoms with Crippen LogP contribution in [0.2, 0.25) is 0 Å². The summed E-state index contributed by atoms with van der Waals surface area (Å²) in [5.41, 5.74) is 1.70. The molecule has 3 heterocycles. The third-order valence-electron chi connectivity index (χ3n) is 7.23. The highest BCUT2D eigenvalue weighted by molar-refractivity contribution is 5.97. The zero-order chi connectivity index (χ0) is 24.8. The van der Waals surface area contributed by atoms with Gasteiger partial charge in [-0.3, -0.25) is 14.5 Å². The lowest BCUT2D eigenvalue weighted by Gasteiger charge is -2.40.